The van der Waals surface area contributed by atoms with E-state index >= 15 is 0 Å². The number of hydrogen-bond acceptors (Lipinski definition) is 3. The van der Waals surface area contributed by atoms with Gasteiger partial charge in [0, 0.05) is 19.1 Å². The predicted molar refractivity (Wildman–Crippen MR) is 79.1 cm³/mol. The fraction of sp³-hybridized carbons (Fsp3) is 0.538. The van der Waals surface area contributed by atoms with Crippen molar-refractivity contribution in [3.8, 4) is 0 Å². The molecule has 1 saturated heterocycles. The molecule has 0 saturated carbocycles. The van der Waals surface area contributed by atoms with Gasteiger partial charge in [0.05, 0.1) is 4.90 Å². The van der Waals surface area contributed by atoms with Crippen molar-refractivity contribution in [2.75, 3.05) is 13.1 Å². The fourth-order valence-electron chi connectivity index (χ4n) is 2.16. The maximum Gasteiger partial charge on any atom is 0.243 e. The molecule has 108 valence electrons. The smallest absolute Gasteiger partial charge is 0.243 e. The average Bonchev–Trinajstić information content (AvgIpc) is 2.77. The molecule has 0 aromatic heterocycles. The van der Waals surface area contributed by atoms with E-state index in [9.17, 15) is 8.42 Å². The summed E-state index contributed by atoms with van der Waals surface area (Å²) in [7, 11) is -3.37. The second kappa shape index (κ2) is 6.22. The van der Waals surface area contributed by atoms with Crippen molar-refractivity contribution >= 4 is 22.4 Å². The molecule has 2 N–H and O–H groups in total. The number of halogens is 1. The molecule has 1 aliphatic rings. The Morgan fingerprint density at radius 2 is 2.05 bits per heavy atom. The zero-order chi connectivity index (χ0) is 13.3. The standard InChI is InChI=1S/C13H20N2O2S.ClH/c1-10(2)11-4-3-5-13(8-11)18(16,17)15-7-6-12(14)9-15;/h3-5,8,10,12H,6-7,9,14H2,1-2H3;1H/t12-;/m1./s1. The van der Waals surface area contributed by atoms with E-state index in [4.69, 9.17) is 5.73 Å². The van der Waals surface area contributed by atoms with Crippen molar-refractivity contribution in [2.24, 2.45) is 5.73 Å². The molecule has 0 spiro atoms. The Kier molecular flexibility index (Phi) is 5.38. The van der Waals surface area contributed by atoms with E-state index in [2.05, 4.69) is 13.8 Å². The first kappa shape index (κ1) is 16.4. The molecule has 4 nitrogen and oxygen atoms in total. The Labute approximate surface area is 121 Å². The fourth-order valence-corrected chi connectivity index (χ4v) is 3.72. The van der Waals surface area contributed by atoms with E-state index in [0.717, 1.165) is 12.0 Å². The van der Waals surface area contributed by atoms with E-state index in [-0.39, 0.29) is 18.4 Å². The zero-order valence-corrected chi connectivity index (χ0v) is 12.9. The van der Waals surface area contributed by atoms with Gasteiger partial charge in [-0.25, -0.2) is 8.42 Å². The number of benzene rings is 1. The number of nitrogens with two attached hydrogens (primary N) is 1. The van der Waals surface area contributed by atoms with Crippen LogP contribution in [0.15, 0.2) is 29.2 Å². The summed E-state index contributed by atoms with van der Waals surface area (Å²) in [6.07, 6.45) is 0.739. The number of nitrogens with zero attached hydrogens (tertiary/aromatic N) is 1. The largest absolute Gasteiger partial charge is 0.326 e. The van der Waals surface area contributed by atoms with Crippen LogP contribution in [-0.4, -0.2) is 31.9 Å². The van der Waals surface area contributed by atoms with E-state index in [1.807, 2.05) is 6.07 Å². The summed E-state index contributed by atoms with van der Waals surface area (Å²) in [6.45, 7) is 5.05. The van der Waals surface area contributed by atoms with E-state index < -0.39 is 10.0 Å². The van der Waals surface area contributed by atoms with Gasteiger partial charge in [0.15, 0.2) is 0 Å². The van der Waals surface area contributed by atoms with Crippen LogP contribution in [0.4, 0.5) is 0 Å². The molecule has 1 aromatic rings. The molecule has 0 amide bonds. The third-order valence-corrected chi connectivity index (χ3v) is 5.21. The number of hydrogen-bond donors (Lipinski definition) is 1. The molecule has 1 aliphatic heterocycles. The molecule has 0 unspecified atom stereocenters. The SMILES string of the molecule is CC(C)c1cccc(S(=O)(=O)N2CC[C@@H](N)C2)c1.Cl. The minimum atomic E-state index is -3.37. The molecular weight excluding hydrogens is 284 g/mol. The van der Waals surface area contributed by atoms with Crippen molar-refractivity contribution < 1.29 is 8.42 Å². The summed E-state index contributed by atoms with van der Waals surface area (Å²) in [5, 5.41) is 0. The Hall–Kier alpha value is -0.620. The Morgan fingerprint density at radius 1 is 1.37 bits per heavy atom. The van der Waals surface area contributed by atoms with Gasteiger partial charge in [-0.15, -0.1) is 12.4 Å². The molecule has 19 heavy (non-hydrogen) atoms. The van der Waals surface area contributed by atoms with E-state index in [1.165, 1.54) is 4.31 Å². The van der Waals surface area contributed by atoms with Gasteiger partial charge >= 0.3 is 0 Å². The maximum absolute atomic E-state index is 12.4. The first-order chi connectivity index (χ1) is 8.41. The van der Waals surface area contributed by atoms with Crippen LogP contribution in [0.25, 0.3) is 0 Å². The molecule has 1 fully saturated rings. The van der Waals surface area contributed by atoms with Crippen LogP contribution in [-0.2, 0) is 10.0 Å². The normalized spacial score (nSPS) is 20.5. The van der Waals surface area contributed by atoms with Crippen LogP contribution in [0, 0.1) is 0 Å². The Bertz CT molecular complexity index is 531. The van der Waals surface area contributed by atoms with Crippen molar-refractivity contribution in [3.63, 3.8) is 0 Å². The lowest BCUT2D eigenvalue weighted by Crippen LogP contribution is -2.32. The average molecular weight is 305 g/mol. The first-order valence-corrected chi connectivity index (χ1v) is 7.71. The molecular formula is C13H21ClN2O2S. The van der Waals surface area contributed by atoms with Crippen LogP contribution in [0.5, 0.6) is 0 Å². The van der Waals surface area contributed by atoms with E-state index in [0.29, 0.717) is 23.9 Å². The highest BCUT2D eigenvalue weighted by Gasteiger charge is 2.30. The summed E-state index contributed by atoms with van der Waals surface area (Å²) >= 11 is 0. The van der Waals surface area contributed by atoms with Crippen LogP contribution >= 0.6 is 12.4 Å². The van der Waals surface area contributed by atoms with Crippen molar-refractivity contribution in [3.05, 3.63) is 29.8 Å². The summed E-state index contributed by atoms with van der Waals surface area (Å²) in [5.41, 5.74) is 6.81. The Morgan fingerprint density at radius 3 is 2.58 bits per heavy atom. The van der Waals surface area contributed by atoms with Gasteiger partial charge in [0.25, 0.3) is 0 Å². The topological polar surface area (TPSA) is 63.4 Å². The second-order valence-electron chi connectivity index (χ2n) is 5.14. The molecule has 1 aromatic carbocycles. The van der Waals surface area contributed by atoms with Crippen LogP contribution in [0.1, 0.15) is 31.7 Å². The van der Waals surface area contributed by atoms with Gasteiger partial charge in [0.1, 0.15) is 0 Å². The van der Waals surface area contributed by atoms with Crippen molar-refractivity contribution in [1.82, 2.24) is 4.31 Å². The summed E-state index contributed by atoms with van der Waals surface area (Å²) < 4.78 is 26.3. The van der Waals surface area contributed by atoms with E-state index in [1.54, 1.807) is 18.2 Å². The van der Waals surface area contributed by atoms with Gasteiger partial charge in [-0.3, -0.25) is 0 Å². The maximum atomic E-state index is 12.4. The third-order valence-electron chi connectivity index (χ3n) is 3.35. The molecule has 2 rings (SSSR count). The van der Waals surface area contributed by atoms with Crippen LogP contribution < -0.4 is 5.73 Å². The monoisotopic (exact) mass is 304 g/mol. The molecule has 1 atom stereocenters. The van der Waals surface area contributed by atoms with Gasteiger partial charge in [-0.05, 0) is 30.0 Å². The molecule has 1 heterocycles. The van der Waals surface area contributed by atoms with Gasteiger partial charge in [-0.2, -0.15) is 4.31 Å². The first-order valence-electron chi connectivity index (χ1n) is 6.27. The lowest BCUT2D eigenvalue weighted by molar-refractivity contribution is 0.472. The van der Waals surface area contributed by atoms with Crippen LogP contribution in [0.3, 0.4) is 0 Å². The summed E-state index contributed by atoms with van der Waals surface area (Å²) in [5.74, 6) is 0.320. The van der Waals surface area contributed by atoms with Gasteiger partial charge in [0.2, 0.25) is 10.0 Å². The van der Waals surface area contributed by atoms with Gasteiger partial charge in [-0.1, -0.05) is 26.0 Å². The highest BCUT2D eigenvalue weighted by atomic mass is 35.5. The molecule has 0 bridgehead atoms. The molecule has 0 aliphatic carbocycles. The van der Waals surface area contributed by atoms with Crippen molar-refractivity contribution in [2.45, 2.75) is 37.1 Å². The van der Waals surface area contributed by atoms with Gasteiger partial charge < -0.3 is 5.73 Å². The lowest BCUT2D eigenvalue weighted by atomic mass is 10.0. The molecule has 6 heteroatoms. The minimum absolute atomic E-state index is 0. The number of rotatable bonds is 3. The quantitative estimate of drug-likeness (QED) is 0.928. The second-order valence-corrected chi connectivity index (χ2v) is 7.08. The Balaban J connectivity index is 0.00000180. The zero-order valence-electron chi connectivity index (χ0n) is 11.2. The highest BCUT2D eigenvalue weighted by Crippen LogP contribution is 2.23. The minimum Gasteiger partial charge on any atom is -0.326 e. The summed E-state index contributed by atoms with van der Waals surface area (Å²) in [6, 6.07) is 7.15. The highest BCUT2D eigenvalue weighted by molar-refractivity contribution is 7.89. The predicted octanol–water partition coefficient (Wildman–Crippen LogP) is 1.95. The van der Waals surface area contributed by atoms with Crippen LogP contribution in [0.2, 0.25) is 0 Å². The number of sulfonamides is 1. The summed E-state index contributed by atoms with van der Waals surface area (Å²) in [4.78, 5) is 0.378. The lowest BCUT2D eigenvalue weighted by Gasteiger charge is -2.17. The third kappa shape index (κ3) is 3.48. The molecule has 0 radical (unpaired) electrons. The van der Waals surface area contributed by atoms with Crippen molar-refractivity contribution in [1.29, 1.82) is 0 Å².